The van der Waals surface area contributed by atoms with Crippen molar-refractivity contribution >= 4 is 27.3 Å². The lowest BCUT2D eigenvalue weighted by Crippen LogP contribution is -2.29. The first-order valence-corrected chi connectivity index (χ1v) is 11.7. The summed E-state index contributed by atoms with van der Waals surface area (Å²) in [5, 5.41) is 7.99. The van der Waals surface area contributed by atoms with Crippen LogP contribution in [0.25, 0.3) is 5.69 Å². The van der Waals surface area contributed by atoms with Gasteiger partial charge in [-0.2, -0.15) is 5.10 Å². The minimum atomic E-state index is -3.37. The molecule has 1 N–H and O–H groups in total. The Kier molecular flexibility index (Phi) is 6.58. The Morgan fingerprint density at radius 3 is 2.43 bits per heavy atom. The predicted octanol–water partition coefficient (Wildman–Crippen LogP) is 3.90. The van der Waals surface area contributed by atoms with Crippen LogP contribution in [0.5, 0.6) is 0 Å². The maximum atomic E-state index is 12.9. The van der Waals surface area contributed by atoms with Crippen molar-refractivity contribution in [2.75, 3.05) is 6.26 Å². The lowest BCUT2D eigenvalue weighted by atomic mass is 10.0. The highest BCUT2D eigenvalue weighted by Crippen LogP contribution is 2.21. The summed E-state index contributed by atoms with van der Waals surface area (Å²) in [6, 6.07) is 10.1. The zero-order valence-corrected chi connectivity index (χ0v) is 18.5. The third-order valence-corrected chi connectivity index (χ3v) is 6.00. The van der Waals surface area contributed by atoms with Gasteiger partial charge >= 0.3 is 0 Å². The number of aromatic nitrogens is 3. The maximum absolute atomic E-state index is 12.9. The van der Waals surface area contributed by atoms with Gasteiger partial charge in [0.25, 0.3) is 5.91 Å². The Morgan fingerprint density at radius 1 is 1.17 bits per heavy atom. The normalized spacial score (nSPS) is 12.5. The van der Waals surface area contributed by atoms with Gasteiger partial charge in [-0.1, -0.05) is 31.0 Å². The van der Waals surface area contributed by atoms with E-state index in [9.17, 15) is 13.2 Å². The molecule has 7 nitrogen and oxygen atoms in total. The van der Waals surface area contributed by atoms with Crippen molar-refractivity contribution in [3.8, 4) is 5.69 Å². The average Bonchev–Trinajstić information content (AvgIpc) is 3.09. The van der Waals surface area contributed by atoms with Crippen LogP contribution >= 0.6 is 11.6 Å². The highest BCUT2D eigenvalue weighted by Gasteiger charge is 2.20. The maximum Gasteiger partial charge on any atom is 0.255 e. The van der Waals surface area contributed by atoms with E-state index in [4.69, 9.17) is 11.6 Å². The van der Waals surface area contributed by atoms with Gasteiger partial charge in [-0.25, -0.2) is 18.1 Å². The van der Waals surface area contributed by atoms with Gasteiger partial charge in [-0.3, -0.25) is 4.79 Å². The second-order valence-corrected chi connectivity index (χ2v) is 9.45. The summed E-state index contributed by atoms with van der Waals surface area (Å²) in [6.07, 6.45) is 5.67. The number of carbonyl (C=O) groups excluding carboxylic acids is 1. The van der Waals surface area contributed by atoms with Gasteiger partial charge < -0.3 is 5.32 Å². The molecule has 2 heterocycles. The number of nitrogens with zero attached hydrogens (tertiary/aromatic N) is 3. The highest BCUT2D eigenvalue weighted by molar-refractivity contribution is 7.90. The van der Waals surface area contributed by atoms with Crippen LogP contribution in [0.3, 0.4) is 0 Å². The van der Waals surface area contributed by atoms with E-state index in [1.54, 1.807) is 22.9 Å². The van der Waals surface area contributed by atoms with E-state index in [2.05, 4.69) is 15.4 Å². The molecular formula is C21H23ClN4O3S. The molecule has 1 atom stereocenters. The van der Waals surface area contributed by atoms with E-state index in [1.165, 1.54) is 18.5 Å². The van der Waals surface area contributed by atoms with Crippen LogP contribution in [-0.4, -0.2) is 35.3 Å². The molecule has 0 aliphatic carbocycles. The first-order chi connectivity index (χ1) is 14.2. The summed E-state index contributed by atoms with van der Waals surface area (Å²) in [6.45, 7) is 3.84. The van der Waals surface area contributed by atoms with Crippen molar-refractivity contribution < 1.29 is 13.2 Å². The molecule has 0 bridgehead atoms. The topological polar surface area (TPSA) is 94.0 Å². The van der Waals surface area contributed by atoms with Crippen molar-refractivity contribution in [3.63, 3.8) is 0 Å². The van der Waals surface area contributed by atoms with Crippen LogP contribution in [0.1, 0.15) is 47.4 Å². The molecule has 9 heteroatoms. The molecule has 2 aromatic heterocycles. The monoisotopic (exact) mass is 446 g/mol. The molecule has 0 aliphatic heterocycles. The van der Waals surface area contributed by atoms with Crippen molar-refractivity contribution in [3.05, 3.63) is 70.6 Å². The lowest BCUT2D eigenvalue weighted by molar-refractivity contribution is 0.0933. The largest absolute Gasteiger partial charge is 0.345 e. The molecule has 1 unspecified atom stereocenters. The Balaban J connectivity index is 1.83. The smallest absolute Gasteiger partial charge is 0.255 e. The van der Waals surface area contributed by atoms with E-state index in [0.717, 1.165) is 23.9 Å². The van der Waals surface area contributed by atoms with E-state index < -0.39 is 9.84 Å². The van der Waals surface area contributed by atoms with Crippen LogP contribution in [0, 0.1) is 6.92 Å². The molecule has 1 aromatic carbocycles. The summed E-state index contributed by atoms with van der Waals surface area (Å²) in [4.78, 5) is 17.0. The molecule has 30 heavy (non-hydrogen) atoms. The molecule has 0 saturated heterocycles. The standard InChI is InChI=1S/C21H23ClN4O3S/c1-4-5-19(15-6-11-20(23-12-15)30(3,28)29)25-21(27)18-13-24-26(14(18)2)17-9-7-16(22)8-10-17/h6-13,19H,4-5H2,1-3H3,(H,25,27). The number of amides is 1. The first kappa shape index (κ1) is 22.0. The van der Waals surface area contributed by atoms with Crippen LogP contribution < -0.4 is 5.32 Å². The number of hydrogen-bond donors (Lipinski definition) is 1. The Hall–Kier alpha value is -2.71. The van der Waals surface area contributed by atoms with Gasteiger partial charge in [0.1, 0.15) is 0 Å². The fraction of sp³-hybridized carbons (Fsp3) is 0.286. The first-order valence-electron chi connectivity index (χ1n) is 9.48. The number of benzene rings is 1. The van der Waals surface area contributed by atoms with Gasteiger partial charge in [0.15, 0.2) is 14.9 Å². The van der Waals surface area contributed by atoms with Crippen molar-refractivity contribution in [2.24, 2.45) is 0 Å². The van der Waals surface area contributed by atoms with E-state index in [1.807, 2.05) is 26.0 Å². The van der Waals surface area contributed by atoms with Gasteiger partial charge in [-0.15, -0.1) is 0 Å². The van der Waals surface area contributed by atoms with Crippen LogP contribution in [0.4, 0.5) is 0 Å². The number of carbonyl (C=O) groups is 1. The van der Waals surface area contributed by atoms with Crippen molar-refractivity contribution in [2.45, 2.75) is 37.8 Å². The number of pyridine rings is 1. The minimum Gasteiger partial charge on any atom is -0.345 e. The van der Waals surface area contributed by atoms with Crippen molar-refractivity contribution in [1.29, 1.82) is 0 Å². The average molecular weight is 447 g/mol. The zero-order chi connectivity index (χ0) is 21.9. The van der Waals surface area contributed by atoms with Gasteiger partial charge in [0.2, 0.25) is 0 Å². The van der Waals surface area contributed by atoms with E-state index >= 15 is 0 Å². The summed E-state index contributed by atoms with van der Waals surface area (Å²) >= 11 is 5.94. The second-order valence-electron chi connectivity index (χ2n) is 7.05. The van der Waals surface area contributed by atoms with Crippen molar-refractivity contribution in [1.82, 2.24) is 20.1 Å². The molecule has 0 fully saturated rings. The molecule has 3 rings (SSSR count). The third-order valence-electron chi connectivity index (χ3n) is 4.75. The lowest BCUT2D eigenvalue weighted by Gasteiger charge is -2.18. The molecule has 0 aliphatic rings. The Morgan fingerprint density at radius 2 is 1.87 bits per heavy atom. The number of sulfone groups is 1. The molecule has 0 saturated carbocycles. The number of nitrogens with one attached hydrogen (secondary N) is 1. The number of rotatable bonds is 7. The SMILES string of the molecule is CCCC(NC(=O)c1cnn(-c2ccc(Cl)cc2)c1C)c1ccc(S(C)(=O)=O)nc1. The van der Waals surface area contributed by atoms with Crippen LogP contribution in [0.2, 0.25) is 5.02 Å². The van der Waals surface area contributed by atoms with E-state index in [-0.39, 0.29) is 17.0 Å². The summed E-state index contributed by atoms with van der Waals surface area (Å²) in [5.74, 6) is -0.252. The second kappa shape index (κ2) is 8.97. The Bertz CT molecular complexity index is 1140. The van der Waals surface area contributed by atoms with Gasteiger partial charge in [0, 0.05) is 17.5 Å². The fourth-order valence-corrected chi connectivity index (χ4v) is 3.82. The molecule has 0 spiro atoms. The Labute approximate surface area is 181 Å². The summed E-state index contributed by atoms with van der Waals surface area (Å²) in [7, 11) is -3.37. The number of halogens is 1. The van der Waals surface area contributed by atoms with E-state index in [0.29, 0.717) is 22.7 Å². The third kappa shape index (κ3) is 4.88. The fourth-order valence-electron chi connectivity index (χ4n) is 3.14. The summed E-state index contributed by atoms with van der Waals surface area (Å²) < 4.78 is 24.9. The molecule has 0 radical (unpaired) electrons. The highest BCUT2D eigenvalue weighted by atomic mass is 35.5. The summed E-state index contributed by atoms with van der Waals surface area (Å²) in [5.41, 5.74) is 2.73. The minimum absolute atomic E-state index is 0.00732. The molecular weight excluding hydrogens is 424 g/mol. The predicted molar refractivity (Wildman–Crippen MR) is 116 cm³/mol. The molecule has 3 aromatic rings. The quantitative estimate of drug-likeness (QED) is 0.593. The molecule has 1 amide bonds. The van der Waals surface area contributed by atoms with Gasteiger partial charge in [-0.05, 0) is 49.2 Å². The van der Waals surface area contributed by atoms with Crippen LogP contribution in [-0.2, 0) is 9.84 Å². The van der Waals surface area contributed by atoms with Crippen LogP contribution in [0.15, 0.2) is 53.8 Å². The zero-order valence-electron chi connectivity index (χ0n) is 17.0. The van der Waals surface area contributed by atoms with Gasteiger partial charge in [0.05, 0.1) is 29.2 Å². The molecule has 158 valence electrons. The number of hydrogen-bond acceptors (Lipinski definition) is 5.